The van der Waals surface area contributed by atoms with Crippen molar-refractivity contribution in [3.05, 3.63) is 46.1 Å². The fraction of sp³-hybridized carbons (Fsp3) is 0.0769. The summed E-state index contributed by atoms with van der Waals surface area (Å²) in [6.07, 6.45) is 1.39. The highest BCUT2D eigenvalue weighted by Crippen LogP contribution is 2.30. The summed E-state index contributed by atoms with van der Waals surface area (Å²) >= 11 is 12.0. The number of hydrogen-bond acceptors (Lipinski definition) is 4. The molecule has 0 aliphatic rings. The lowest BCUT2D eigenvalue weighted by molar-refractivity contribution is 0.0602. The molecule has 6 heteroatoms. The Morgan fingerprint density at radius 1 is 1.32 bits per heavy atom. The van der Waals surface area contributed by atoms with Crippen molar-refractivity contribution in [2.75, 3.05) is 12.8 Å². The molecule has 0 fully saturated rings. The van der Waals surface area contributed by atoms with E-state index < -0.39 is 5.97 Å². The normalized spacial score (nSPS) is 10.3. The Morgan fingerprint density at radius 2 is 2.05 bits per heavy atom. The topological polar surface area (TPSA) is 65.2 Å². The number of hydrogen-bond donors (Lipinski definition) is 1. The number of pyridine rings is 1. The van der Waals surface area contributed by atoms with Crippen LogP contribution >= 0.6 is 23.2 Å². The summed E-state index contributed by atoms with van der Waals surface area (Å²) in [6, 6.07) is 6.53. The monoisotopic (exact) mass is 296 g/mol. The maximum atomic E-state index is 11.6. The third-order valence-corrected chi connectivity index (χ3v) is 3.11. The molecule has 0 aliphatic heterocycles. The van der Waals surface area contributed by atoms with Gasteiger partial charge in [-0.2, -0.15) is 0 Å². The number of nitrogen functional groups attached to an aromatic ring is 1. The van der Waals surface area contributed by atoms with Crippen LogP contribution in [0.4, 0.5) is 5.69 Å². The molecule has 19 heavy (non-hydrogen) atoms. The number of rotatable bonds is 2. The number of esters is 1. The molecule has 0 saturated carbocycles. The highest BCUT2D eigenvalue weighted by Gasteiger charge is 2.14. The van der Waals surface area contributed by atoms with Gasteiger partial charge in [-0.1, -0.05) is 23.2 Å². The van der Waals surface area contributed by atoms with Gasteiger partial charge in [0.25, 0.3) is 0 Å². The minimum Gasteiger partial charge on any atom is -0.465 e. The third-order valence-electron chi connectivity index (χ3n) is 2.54. The van der Waals surface area contributed by atoms with Gasteiger partial charge in [-0.3, -0.25) is 4.98 Å². The Kier molecular flexibility index (Phi) is 3.93. The van der Waals surface area contributed by atoms with Crippen molar-refractivity contribution in [3.63, 3.8) is 0 Å². The van der Waals surface area contributed by atoms with Gasteiger partial charge in [0.1, 0.15) is 0 Å². The molecular formula is C13H10Cl2N2O2. The van der Waals surface area contributed by atoms with Crippen LogP contribution in [0.15, 0.2) is 30.5 Å². The summed E-state index contributed by atoms with van der Waals surface area (Å²) in [5.41, 5.74) is 7.30. The number of carbonyl (C=O) groups is 1. The van der Waals surface area contributed by atoms with Crippen LogP contribution in [0.2, 0.25) is 10.0 Å². The highest BCUT2D eigenvalue weighted by atomic mass is 35.5. The lowest BCUT2D eigenvalue weighted by Crippen LogP contribution is -2.06. The maximum Gasteiger partial charge on any atom is 0.340 e. The van der Waals surface area contributed by atoms with Crippen molar-refractivity contribution < 1.29 is 9.53 Å². The van der Waals surface area contributed by atoms with Gasteiger partial charge in [0, 0.05) is 10.6 Å². The molecule has 2 aromatic rings. The van der Waals surface area contributed by atoms with E-state index in [1.54, 1.807) is 18.2 Å². The largest absolute Gasteiger partial charge is 0.465 e. The molecule has 0 atom stereocenters. The standard InChI is InChI=1S/C13H10Cl2N2O2/c1-19-13(18)9-5-12(17-6-11(9)16)8-4-7(14)2-3-10(8)15/h2-6H,16H2,1H3. The summed E-state index contributed by atoms with van der Waals surface area (Å²) in [5, 5.41) is 1.01. The van der Waals surface area contributed by atoms with Crippen LogP contribution in [0.25, 0.3) is 11.3 Å². The molecule has 1 aromatic heterocycles. The summed E-state index contributed by atoms with van der Waals surface area (Å²) in [7, 11) is 1.29. The number of methoxy groups -OCH3 is 1. The Hall–Kier alpha value is -1.78. The number of aromatic nitrogens is 1. The molecule has 0 radical (unpaired) electrons. The van der Waals surface area contributed by atoms with Crippen LogP contribution < -0.4 is 5.73 Å². The van der Waals surface area contributed by atoms with Crippen molar-refractivity contribution in [3.8, 4) is 11.3 Å². The number of nitrogens with zero attached hydrogens (tertiary/aromatic N) is 1. The molecule has 0 saturated heterocycles. The molecular weight excluding hydrogens is 287 g/mol. The number of nitrogens with two attached hydrogens (primary N) is 1. The van der Waals surface area contributed by atoms with Crippen LogP contribution in [0.5, 0.6) is 0 Å². The van der Waals surface area contributed by atoms with Gasteiger partial charge >= 0.3 is 5.97 Å². The van der Waals surface area contributed by atoms with E-state index in [1.165, 1.54) is 19.4 Å². The summed E-state index contributed by atoms with van der Waals surface area (Å²) < 4.78 is 4.66. The van der Waals surface area contributed by atoms with Gasteiger partial charge in [0.2, 0.25) is 0 Å². The van der Waals surface area contributed by atoms with E-state index in [4.69, 9.17) is 28.9 Å². The number of carbonyl (C=O) groups excluding carboxylic acids is 1. The third kappa shape index (κ3) is 2.80. The molecule has 4 nitrogen and oxygen atoms in total. The van der Waals surface area contributed by atoms with Crippen molar-refractivity contribution >= 4 is 34.9 Å². The number of benzene rings is 1. The van der Waals surface area contributed by atoms with Crippen LogP contribution in [-0.4, -0.2) is 18.1 Å². The Morgan fingerprint density at radius 3 is 2.74 bits per heavy atom. The quantitative estimate of drug-likeness (QED) is 0.862. The van der Waals surface area contributed by atoms with E-state index in [0.717, 1.165) is 0 Å². The van der Waals surface area contributed by atoms with Gasteiger partial charge in [0.15, 0.2) is 0 Å². The zero-order valence-electron chi connectivity index (χ0n) is 9.98. The zero-order chi connectivity index (χ0) is 14.0. The Balaban J connectivity index is 2.57. The van der Waals surface area contributed by atoms with E-state index in [1.807, 2.05) is 0 Å². The zero-order valence-corrected chi connectivity index (χ0v) is 11.5. The second-order valence-corrected chi connectivity index (χ2v) is 4.62. The fourth-order valence-corrected chi connectivity index (χ4v) is 1.98. The van der Waals surface area contributed by atoms with Gasteiger partial charge in [-0.05, 0) is 24.3 Å². The summed E-state index contributed by atoms with van der Waals surface area (Å²) in [6.45, 7) is 0. The molecule has 2 N–H and O–H groups in total. The molecule has 2 rings (SSSR count). The fourth-order valence-electron chi connectivity index (χ4n) is 1.59. The molecule has 0 spiro atoms. The van der Waals surface area contributed by atoms with Crippen molar-refractivity contribution in [2.24, 2.45) is 0 Å². The van der Waals surface area contributed by atoms with Gasteiger partial charge in [-0.15, -0.1) is 0 Å². The average Bonchev–Trinajstić information content (AvgIpc) is 2.41. The molecule has 0 unspecified atom stereocenters. The lowest BCUT2D eigenvalue weighted by atomic mass is 10.1. The molecule has 0 aliphatic carbocycles. The predicted molar refractivity (Wildman–Crippen MR) is 75.4 cm³/mol. The number of ether oxygens (including phenoxy) is 1. The van der Waals surface area contributed by atoms with Crippen molar-refractivity contribution in [1.29, 1.82) is 0 Å². The summed E-state index contributed by atoms with van der Waals surface area (Å²) in [5.74, 6) is -0.528. The Labute approximate surface area is 120 Å². The maximum absolute atomic E-state index is 11.6. The van der Waals surface area contributed by atoms with Crippen LogP contribution in [0.3, 0.4) is 0 Å². The van der Waals surface area contributed by atoms with Crippen molar-refractivity contribution in [1.82, 2.24) is 4.98 Å². The first-order valence-electron chi connectivity index (χ1n) is 5.32. The number of anilines is 1. The second kappa shape index (κ2) is 5.47. The molecule has 0 bridgehead atoms. The highest BCUT2D eigenvalue weighted by molar-refractivity contribution is 6.35. The SMILES string of the molecule is COC(=O)c1cc(-c2cc(Cl)ccc2Cl)ncc1N. The number of halogens is 2. The smallest absolute Gasteiger partial charge is 0.340 e. The van der Waals surface area contributed by atoms with Crippen LogP contribution in [-0.2, 0) is 4.74 Å². The van der Waals surface area contributed by atoms with E-state index in [0.29, 0.717) is 21.3 Å². The minimum absolute atomic E-state index is 0.239. The van der Waals surface area contributed by atoms with Crippen molar-refractivity contribution in [2.45, 2.75) is 0 Å². The second-order valence-electron chi connectivity index (χ2n) is 3.77. The first-order valence-corrected chi connectivity index (χ1v) is 6.07. The van der Waals surface area contributed by atoms with Gasteiger partial charge in [-0.25, -0.2) is 4.79 Å². The van der Waals surface area contributed by atoms with E-state index in [9.17, 15) is 4.79 Å². The molecule has 1 heterocycles. The van der Waals surface area contributed by atoms with Crippen LogP contribution in [0, 0.1) is 0 Å². The minimum atomic E-state index is -0.528. The van der Waals surface area contributed by atoms with Crippen LogP contribution in [0.1, 0.15) is 10.4 Å². The van der Waals surface area contributed by atoms with E-state index in [2.05, 4.69) is 9.72 Å². The predicted octanol–water partition coefficient (Wildman–Crippen LogP) is 3.42. The van der Waals surface area contributed by atoms with Gasteiger partial charge < -0.3 is 10.5 Å². The van der Waals surface area contributed by atoms with E-state index >= 15 is 0 Å². The summed E-state index contributed by atoms with van der Waals surface area (Å²) in [4.78, 5) is 15.7. The first kappa shape index (κ1) is 13.6. The lowest BCUT2D eigenvalue weighted by Gasteiger charge is -2.08. The average molecular weight is 297 g/mol. The van der Waals surface area contributed by atoms with E-state index in [-0.39, 0.29) is 11.3 Å². The first-order chi connectivity index (χ1) is 9.02. The van der Waals surface area contributed by atoms with Gasteiger partial charge in [0.05, 0.1) is 35.3 Å². The molecule has 1 aromatic carbocycles. The Bertz CT molecular complexity index is 645. The molecule has 98 valence electrons. The molecule has 0 amide bonds.